The number of nitrogens with one attached hydrogen (secondary N) is 1. The van der Waals surface area contributed by atoms with Gasteiger partial charge in [0.1, 0.15) is 11.6 Å². The lowest BCUT2D eigenvalue weighted by Crippen LogP contribution is -2.37. The molecule has 0 unspecified atom stereocenters. The summed E-state index contributed by atoms with van der Waals surface area (Å²) < 4.78 is 21.0. The number of halogens is 1. The molecule has 2 aliphatic heterocycles. The third-order valence-electron chi connectivity index (χ3n) is 6.58. The average molecular weight is 544 g/mol. The number of aliphatic imine (C=N–C) groups is 1. The van der Waals surface area contributed by atoms with Crippen LogP contribution in [0.3, 0.4) is 0 Å². The first-order valence-electron chi connectivity index (χ1n) is 12.9. The summed E-state index contributed by atoms with van der Waals surface area (Å²) in [7, 11) is 0. The Morgan fingerprint density at radius 2 is 2.00 bits per heavy atom. The summed E-state index contributed by atoms with van der Waals surface area (Å²) in [5.74, 6) is 0.374. The molecule has 1 fully saturated rings. The highest BCUT2D eigenvalue weighted by Gasteiger charge is 2.31. The number of aromatic nitrogens is 4. The zero-order valence-electron chi connectivity index (χ0n) is 22.2. The van der Waals surface area contributed by atoms with E-state index in [1.807, 2.05) is 9.80 Å². The van der Waals surface area contributed by atoms with Crippen molar-refractivity contribution in [3.8, 4) is 11.3 Å². The third kappa shape index (κ3) is 5.81. The molecule has 2 aliphatic rings. The molecule has 11 nitrogen and oxygen atoms in total. The van der Waals surface area contributed by atoms with E-state index in [0.717, 1.165) is 5.56 Å². The van der Waals surface area contributed by atoms with E-state index in [4.69, 9.17) is 20.4 Å². The number of morpholine rings is 1. The molecule has 0 radical (unpaired) electrons. The van der Waals surface area contributed by atoms with Crippen molar-refractivity contribution in [2.75, 3.05) is 54.9 Å². The fourth-order valence-electron chi connectivity index (χ4n) is 4.54. The number of benzene rings is 1. The van der Waals surface area contributed by atoms with E-state index in [9.17, 15) is 4.79 Å². The van der Waals surface area contributed by atoms with Gasteiger partial charge in [0.2, 0.25) is 11.9 Å². The average Bonchev–Trinajstić information content (AvgIpc) is 3.40. The van der Waals surface area contributed by atoms with E-state index in [0.29, 0.717) is 73.6 Å². The molecular formula is C28H30FN9O2. The van der Waals surface area contributed by atoms with Crippen LogP contribution in [0.25, 0.3) is 11.3 Å². The molecular weight excluding hydrogens is 513 g/mol. The van der Waals surface area contributed by atoms with E-state index in [1.165, 1.54) is 6.07 Å². The van der Waals surface area contributed by atoms with Crippen LogP contribution in [0.4, 0.5) is 27.8 Å². The number of carbonyl (C=O) groups excluding carboxylic acids is 1. The van der Waals surface area contributed by atoms with Gasteiger partial charge in [0.05, 0.1) is 24.6 Å². The number of nitrogen functional groups attached to an aromatic ring is 1. The zero-order valence-corrected chi connectivity index (χ0v) is 22.2. The van der Waals surface area contributed by atoms with E-state index in [1.54, 1.807) is 49.9 Å². The van der Waals surface area contributed by atoms with Crippen LogP contribution in [0.15, 0.2) is 60.0 Å². The van der Waals surface area contributed by atoms with Crippen molar-refractivity contribution < 1.29 is 13.9 Å². The maximum Gasteiger partial charge on any atom is 0.251 e. The molecule has 1 saturated heterocycles. The Labute approximate surface area is 231 Å². The Bertz CT molecular complexity index is 1470. The molecule has 0 bridgehead atoms. The Morgan fingerprint density at radius 1 is 1.23 bits per heavy atom. The molecule has 4 heterocycles. The van der Waals surface area contributed by atoms with Gasteiger partial charge in [-0.2, -0.15) is 4.98 Å². The lowest BCUT2D eigenvalue weighted by atomic mass is 10.1. The second kappa shape index (κ2) is 12.0. The summed E-state index contributed by atoms with van der Waals surface area (Å²) in [4.78, 5) is 38.5. The van der Waals surface area contributed by atoms with E-state index in [-0.39, 0.29) is 18.1 Å². The first-order valence-corrected chi connectivity index (χ1v) is 12.9. The van der Waals surface area contributed by atoms with Crippen molar-refractivity contribution in [2.24, 2.45) is 4.99 Å². The molecule has 3 N–H and O–H groups in total. The Kier molecular flexibility index (Phi) is 8.06. The molecule has 0 spiro atoms. The molecule has 5 rings (SSSR count). The second-order valence-electron chi connectivity index (χ2n) is 9.24. The maximum absolute atomic E-state index is 15.5. The summed E-state index contributed by atoms with van der Waals surface area (Å²) in [6, 6.07) is 4.44. The van der Waals surface area contributed by atoms with Crippen molar-refractivity contribution >= 4 is 35.5 Å². The van der Waals surface area contributed by atoms with Crippen molar-refractivity contribution in [2.45, 2.75) is 13.3 Å². The van der Waals surface area contributed by atoms with Gasteiger partial charge in [-0.15, -0.1) is 0 Å². The van der Waals surface area contributed by atoms with Crippen LogP contribution in [0, 0.1) is 5.82 Å². The minimum Gasteiger partial charge on any atom is -0.378 e. The summed E-state index contributed by atoms with van der Waals surface area (Å²) in [6.45, 7) is 8.81. The normalized spacial score (nSPS) is 15.2. The molecule has 0 saturated carbocycles. The van der Waals surface area contributed by atoms with Crippen molar-refractivity contribution in [1.82, 2.24) is 25.3 Å². The fourth-order valence-corrected chi connectivity index (χ4v) is 4.54. The number of hydrogen-bond acceptors (Lipinski definition) is 10. The predicted molar refractivity (Wildman–Crippen MR) is 152 cm³/mol. The highest BCUT2D eigenvalue weighted by molar-refractivity contribution is 5.95. The standard InChI is InChI=1S/C28H30FN9O2/c1-3-31-8-6-18(2)15-32-26(39)19-4-5-23(22(29)14-19)38-9-7-21-24(20-16-33-27(30)34-17-20)35-28(36-25(21)38)37-10-12-40-13-11-37/h3-6,8,14,16-17H,2,7,9-13,15H2,1H3,(H,32,39)(H2,30,33,34)/b8-6-,31-3-. The van der Waals surface area contributed by atoms with Gasteiger partial charge >= 0.3 is 0 Å². The second-order valence-corrected chi connectivity index (χ2v) is 9.24. The quantitative estimate of drug-likeness (QED) is 0.325. The molecule has 1 aromatic carbocycles. The minimum atomic E-state index is -0.527. The third-order valence-corrected chi connectivity index (χ3v) is 6.58. The molecule has 1 amide bonds. The van der Waals surface area contributed by atoms with Crippen molar-refractivity contribution in [1.29, 1.82) is 0 Å². The van der Waals surface area contributed by atoms with Crippen LogP contribution in [-0.4, -0.2) is 71.5 Å². The summed E-state index contributed by atoms with van der Waals surface area (Å²) >= 11 is 0. The van der Waals surface area contributed by atoms with Gasteiger partial charge < -0.3 is 25.6 Å². The number of rotatable bonds is 8. The smallest absolute Gasteiger partial charge is 0.251 e. The van der Waals surface area contributed by atoms with E-state index >= 15 is 4.39 Å². The molecule has 2 aromatic heterocycles. The lowest BCUT2D eigenvalue weighted by molar-refractivity contribution is 0.0957. The first-order chi connectivity index (χ1) is 19.4. The first kappa shape index (κ1) is 26.9. The van der Waals surface area contributed by atoms with Crippen LogP contribution in [0.2, 0.25) is 0 Å². The zero-order chi connectivity index (χ0) is 28.1. The molecule has 0 atom stereocenters. The van der Waals surface area contributed by atoms with Crippen LogP contribution in [0.1, 0.15) is 22.8 Å². The van der Waals surface area contributed by atoms with Gasteiger partial charge in [0.15, 0.2) is 0 Å². The summed E-state index contributed by atoms with van der Waals surface area (Å²) in [6.07, 6.45) is 8.80. The molecule has 12 heteroatoms. The van der Waals surface area contributed by atoms with E-state index < -0.39 is 11.7 Å². The van der Waals surface area contributed by atoms with Gasteiger partial charge in [-0.05, 0) is 43.2 Å². The number of nitrogens with two attached hydrogens (primary N) is 1. The highest BCUT2D eigenvalue weighted by atomic mass is 19.1. The van der Waals surface area contributed by atoms with Crippen LogP contribution < -0.4 is 20.9 Å². The summed E-state index contributed by atoms with van der Waals surface area (Å²) in [5, 5.41) is 2.75. The molecule has 40 heavy (non-hydrogen) atoms. The number of anilines is 4. The largest absolute Gasteiger partial charge is 0.378 e. The minimum absolute atomic E-state index is 0.169. The topological polar surface area (TPSA) is 135 Å². The Balaban J connectivity index is 1.43. The highest BCUT2D eigenvalue weighted by Crippen LogP contribution is 2.40. The number of ether oxygens (including phenoxy) is 1. The van der Waals surface area contributed by atoms with Gasteiger partial charge in [-0.1, -0.05) is 6.58 Å². The van der Waals surface area contributed by atoms with Crippen LogP contribution >= 0.6 is 0 Å². The SMILES string of the molecule is C=C(/C=C\N=C/C)CNC(=O)c1ccc(N2CCc3c(-c4cnc(N)nc4)nc(N4CCOCC4)nc32)c(F)c1. The fraction of sp³-hybridized carbons (Fsp3) is 0.286. The molecule has 206 valence electrons. The molecule has 0 aliphatic carbocycles. The maximum atomic E-state index is 15.5. The number of hydrogen-bond donors (Lipinski definition) is 2. The number of nitrogens with zero attached hydrogens (tertiary/aromatic N) is 7. The van der Waals surface area contributed by atoms with Crippen LogP contribution in [-0.2, 0) is 11.2 Å². The van der Waals surface area contributed by atoms with Gasteiger partial charge in [0.25, 0.3) is 5.91 Å². The molecule has 3 aromatic rings. The van der Waals surface area contributed by atoms with Gasteiger partial charge in [0, 0.05) is 67.7 Å². The van der Waals surface area contributed by atoms with Gasteiger partial charge in [-0.3, -0.25) is 9.79 Å². The van der Waals surface area contributed by atoms with Crippen molar-refractivity contribution in [3.05, 3.63) is 72.0 Å². The number of amides is 1. The monoisotopic (exact) mass is 543 g/mol. The van der Waals surface area contributed by atoms with Gasteiger partial charge in [-0.25, -0.2) is 19.3 Å². The Hall–Kier alpha value is -4.71. The van der Waals surface area contributed by atoms with E-state index in [2.05, 4.69) is 26.9 Å². The summed E-state index contributed by atoms with van der Waals surface area (Å²) in [5.41, 5.74) is 9.16. The van der Waals surface area contributed by atoms with Crippen LogP contribution in [0.5, 0.6) is 0 Å². The number of carbonyl (C=O) groups is 1. The van der Waals surface area contributed by atoms with Crippen molar-refractivity contribution in [3.63, 3.8) is 0 Å². The predicted octanol–water partition coefficient (Wildman–Crippen LogP) is 3.08. The number of fused-ring (bicyclic) bond motifs is 1. The Morgan fingerprint density at radius 3 is 2.73 bits per heavy atom. The lowest BCUT2D eigenvalue weighted by Gasteiger charge is -2.28.